The van der Waals surface area contributed by atoms with Crippen molar-refractivity contribution in [2.24, 2.45) is 0 Å². The molecule has 2 rings (SSSR count). The first-order valence-corrected chi connectivity index (χ1v) is 6.17. The van der Waals surface area contributed by atoms with Crippen LogP contribution in [0, 0.1) is 0 Å². The van der Waals surface area contributed by atoms with Gasteiger partial charge in [0.1, 0.15) is 6.54 Å². The Morgan fingerprint density at radius 2 is 2.37 bits per heavy atom. The van der Waals surface area contributed by atoms with Crippen molar-refractivity contribution in [1.29, 1.82) is 0 Å². The molecule has 0 spiro atoms. The maximum atomic E-state index is 11.6. The first-order chi connectivity index (χ1) is 9.15. The topological polar surface area (TPSA) is 106 Å². The van der Waals surface area contributed by atoms with Crippen molar-refractivity contribution >= 4 is 11.9 Å². The average Bonchev–Trinajstić information content (AvgIpc) is 2.86. The van der Waals surface area contributed by atoms with E-state index >= 15 is 0 Å². The number of rotatable bonds is 5. The minimum atomic E-state index is -1.16. The van der Waals surface area contributed by atoms with Gasteiger partial charge in [-0.05, 0) is 19.3 Å². The van der Waals surface area contributed by atoms with Gasteiger partial charge in [-0.3, -0.25) is 4.79 Å². The summed E-state index contributed by atoms with van der Waals surface area (Å²) in [5.41, 5.74) is -0.177. The van der Waals surface area contributed by atoms with Gasteiger partial charge < -0.3 is 15.2 Å². The lowest BCUT2D eigenvalue weighted by Crippen LogP contribution is -2.37. The zero-order valence-corrected chi connectivity index (χ0v) is 10.4. The van der Waals surface area contributed by atoms with Crippen molar-refractivity contribution in [3.63, 3.8) is 0 Å². The molecule has 1 saturated heterocycles. The highest BCUT2D eigenvalue weighted by Crippen LogP contribution is 2.11. The van der Waals surface area contributed by atoms with Gasteiger partial charge in [0.25, 0.3) is 0 Å². The SMILES string of the molecule is O=C(Cn1cc(C(=O)O)nn1)NCC1CCCCO1. The molecule has 1 aromatic heterocycles. The van der Waals surface area contributed by atoms with Crippen molar-refractivity contribution in [2.45, 2.75) is 31.9 Å². The molecule has 1 unspecified atom stereocenters. The third-order valence-corrected chi connectivity index (χ3v) is 2.86. The van der Waals surface area contributed by atoms with Crippen molar-refractivity contribution < 1.29 is 19.4 Å². The van der Waals surface area contributed by atoms with Gasteiger partial charge in [-0.2, -0.15) is 0 Å². The maximum absolute atomic E-state index is 11.6. The van der Waals surface area contributed by atoms with Gasteiger partial charge in [0.2, 0.25) is 5.91 Å². The number of nitrogens with zero attached hydrogens (tertiary/aromatic N) is 3. The normalized spacial score (nSPS) is 19.1. The Hall–Kier alpha value is -1.96. The Labute approximate surface area is 109 Å². The van der Waals surface area contributed by atoms with E-state index in [0.29, 0.717) is 6.54 Å². The minimum absolute atomic E-state index is 0.0486. The van der Waals surface area contributed by atoms with Gasteiger partial charge in [0.05, 0.1) is 12.3 Å². The summed E-state index contributed by atoms with van der Waals surface area (Å²) in [6.45, 7) is 1.16. The fourth-order valence-electron chi connectivity index (χ4n) is 1.87. The molecule has 8 nitrogen and oxygen atoms in total. The van der Waals surface area contributed by atoms with Gasteiger partial charge in [-0.25, -0.2) is 9.48 Å². The monoisotopic (exact) mass is 268 g/mol. The smallest absolute Gasteiger partial charge is 0.358 e. The molecule has 0 bridgehead atoms. The van der Waals surface area contributed by atoms with Gasteiger partial charge in [0.15, 0.2) is 5.69 Å². The average molecular weight is 268 g/mol. The van der Waals surface area contributed by atoms with Gasteiger partial charge in [0, 0.05) is 13.2 Å². The van der Waals surface area contributed by atoms with Gasteiger partial charge in [-0.15, -0.1) is 5.10 Å². The Bertz CT molecular complexity index is 453. The molecule has 0 radical (unpaired) electrons. The molecule has 1 aliphatic rings. The highest BCUT2D eigenvalue weighted by atomic mass is 16.5. The van der Waals surface area contributed by atoms with Crippen LogP contribution >= 0.6 is 0 Å². The van der Waals surface area contributed by atoms with Gasteiger partial charge >= 0.3 is 5.97 Å². The molecule has 8 heteroatoms. The number of carboxylic acid groups (broad SMARTS) is 1. The van der Waals surface area contributed by atoms with Crippen LogP contribution in [0.4, 0.5) is 0 Å². The van der Waals surface area contributed by atoms with E-state index in [1.807, 2.05) is 0 Å². The molecular weight excluding hydrogens is 252 g/mol. The second-order valence-electron chi connectivity index (χ2n) is 4.40. The van der Waals surface area contributed by atoms with E-state index in [0.717, 1.165) is 25.9 Å². The van der Waals surface area contributed by atoms with E-state index in [-0.39, 0.29) is 24.2 Å². The highest BCUT2D eigenvalue weighted by Gasteiger charge is 2.15. The van der Waals surface area contributed by atoms with Crippen molar-refractivity contribution in [3.8, 4) is 0 Å². The van der Waals surface area contributed by atoms with E-state index < -0.39 is 5.97 Å². The lowest BCUT2D eigenvalue weighted by molar-refractivity contribution is -0.122. The van der Waals surface area contributed by atoms with E-state index in [1.165, 1.54) is 10.9 Å². The summed E-state index contributed by atoms with van der Waals surface area (Å²) in [5, 5.41) is 18.4. The Morgan fingerprint density at radius 3 is 3.00 bits per heavy atom. The van der Waals surface area contributed by atoms with Crippen LogP contribution in [0.25, 0.3) is 0 Å². The summed E-state index contributed by atoms with van der Waals surface area (Å²) in [6.07, 6.45) is 4.43. The zero-order chi connectivity index (χ0) is 13.7. The zero-order valence-electron chi connectivity index (χ0n) is 10.4. The summed E-state index contributed by atoms with van der Waals surface area (Å²) >= 11 is 0. The molecule has 1 amide bonds. The second kappa shape index (κ2) is 6.28. The largest absolute Gasteiger partial charge is 0.476 e. The maximum Gasteiger partial charge on any atom is 0.358 e. The van der Waals surface area contributed by atoms with E-state index in [4.69, 9.17) is 9.84 Å². The van der Waals surface area contributed by atoms with Crippen LogP contribution in [-0.2, 0) is 16.1 Å². The second-order valence-corrected chi connectivity index (χ2v) is 4.40. The molecular formula is C11H16N4O4. The molecule has 0 aliphatic carbocycles. The van der Waals surface area contributed by atoms with E-state index in [2.05, 4.69) is 15.6 Å². The summed E-state index contributed by atoms with van der Waals surface area (Å²) in [7, 11) is 0. The Morgan fingerprint density at radius 1 is 1.53 bits per heavy atom. The van der Waals surface area contributed by atoms with Crippen LogP contribution in [0.2, 0.25) is 0 Å². The molecule has 1 fully saturated rings. The number of aromatic nitrogens is 3. The molecule has 0 saturated carbocycles. The highest BCUT2D eigenvalue weighted by molar-refractivity contribution is 5.84. The number of nitrogens with one attached hydrogen (secondary N) is 1. The molecule has 2 heterocycles. The number of carbonyl (C=O) groups is 2. The van der Waals surface area contributed by atoms with E-state index in [9.17, 15) is 9.59 Å². The van der Waals surface area contributed by atoms with Crippen molar-refractivity contribution in [2.75, 3.05) is 13.2 Å². The van der Waals surface area contributed by atoms with Crippen molar-refractivity contribution in [3.05, 3.63) is 11.9 Å². The van der Waals surface area contributed by atoms with Crippen LogP contribution in [0.3, 0.4) is 0 Å². The number of carboxylic acids is 1. The third kappa shape index (κ3) is 4.02. The summed E-state index contributed by atoms with van der Waals surface area (Å²) in [4.78, 5) is 22.2. The Balaban J connectivity index is 1.75. The fraction of sp³-hybridized carbons (Fsp3) is 0.636. The number of ether oxygens (including phenoxy) is 1. The van der Waals surface area contributed by atoms with Crippen LogP contribution < -0.4 is 5.32 Å². The first kappa shape index (κ1) is 13.5. The predicted molar refractivity (Wildman–Crippen MR) is 63.6 cm³/mol. The molecule has 1 atom stereocenters. The molecule has 1 aliphatic heterocycles. The van der Waals surface area contributed by atoms with E-state index in [1.54, 1.807) is 0 Å². The molecule has 104 valence electrons. The van der Waals surface area contributed by atoms with Crippen LogP contribution in [-0.4, -0.2) is 51.2 Å². The number of hydrogen-bond acceptors (Lipinski definition) is 5. The van der Waals surface area contributed by atoms with Gasteiger partial charge in [-0.1, -0.05) is 5.21 Å². The Kier molecular flexibility index (Phi) is 4.45. The first-order valence-electron chi connectivity index (χ1n) is 6.17. The lowest BCUT2D eigenvalue weighted by Gasteiger charge is -2.22. The molecule has 19 heavy (non-hydrogen) atoms. The summed E-state index contributed by atoms with van der Waals surface area (Å²) in [6, 6.07) is 0. The third-order valence-electron chi connectivity index (χ3n) is 2.86. The minimum Gasteiger partial charge on any atom is -0.476 e. The number of aromatic carboxylic acids is 1. The summed E-state index contributed by atoms with van der Waals surface area (Å²) < 4.78 is 6.68. The summed E-state index contributed by atoms with van der Waals surface area (Å²) in [5.74, 6) is -1.40. The molecule has 0 aromatic carbocycles. The molecule has 2 N–H and O–H groups in total. The fourth-order valence-corrected chi connectivity index (χ4v) is 1.87. The van der Waals surface area contributed by atoms with Crippen LogP contribution in [0.1, 0.15) is 29.8 Å². The number of amides is 1. The number of carbonyl (C=O) groups excluding carboxylic acids is 1. The molecule has 1 aromatic rings. The standard InChI is InChI=1S/C11H16N4O4/c16-10(12-5-8-3-1-2-4-19-8)7-15-6-9(11(17)18)13-14-15/h6,8H,1-5,7H2,(H,12,16)(H,17,18). The predicted octanol–water partition coefficient (Wildman–Crippen LogP) is -0.338. The van der Waals surface area contributed by atoms with Crippen molar-refractivity contribution in [1.82, 2.24) is 20.3 Å². The number of hydrogen-bond donors (Lipinski definition) is 2. The lowest BCUT2D eigenvalue weighted by atomic mass is 10.1. The van der Waals surface area contributed by atoms with Crippen LogP contribution in [0.15, 0.2) is 6.20 Å². The van der Waals surface area contributed by atoms with Crippen LogP contribution in [0.5, 0.6) is 0 Å². The quantitative estimate of drug-likeness (QED) is 0.756.